The molecule has 0 bridgehead atoms. The van der Waals surface area contributed by atoms with Gasteiger partial charge in [0.15, 0.2) is 0 Å². The van der Waals surface area contributed by atoms with E-state index in [-0.39, 0.29) is 5.91 Å². The highest BCUT2D eigenvalue weighted by Crippen LogP contribution is 2.24. The van der Waals surface area contributed by atoms with Gasteiger partial charge in [-0.05, 0) is 67.1 Å². The Morgan fingerprint density at radius 3 is 2.50 bits per heavy atom. The largest absolute Gasteiger partial charge is 0.324 e. The van der Waals surface area contributed by atoms with Crippen LogP contribution in [-0.4, -0.2) is 20.9 Å². The minimum absolute atomic E-state index is 0.213. The van der Waals surface area contributed by atoms with Crippen molar-refractivity contribution >= 4 is 34.8 Å². The number of aromatic nitrogens is 3. The number of nitrogens with one attached hydrogen (secondary N) is 2. The predicted octanol–water partition coefficient (Wildman–Crippen LogP) is 5.50. The molecule has 2 aromatic carbocycles. The third-order valence-electron chi connectivity index (χ3n) is 4.43. The fourth-order valence-corrected chi connectivity index (χ4v) is 2.96. The van der Waals surface area contributed by atoms with Gasteiger partial charge in [-0.2, -0.15) is 0 Å². The van der Waals surface area contributed by atoms with Gasteiger partial charge in [0.2, 0.25) is 5.95 Å². The summed E-state index contributed by atoms with van der Waals surface area (Å²) in [6, 6.07) is 19.8. The van der Waals surface area contributed by atoms with Crippen LogP contribution in [0.3, 0.4) is 0 Å². The van der Waals surface area contributed by atoms with E-state index in [1.54, 1.807) is 36.7 Å². The minimum Gasteiger partial charge on any atom is -0.324 e. The van der Waals surface area contributed by atoms with E-state index in [9.17, 15) is 4.79 Å². The van der Waals surface area contributed by atoms with E-state index in [1.165, 1.54) is 0 Å². The number of nitrogens with zero attached hydrogens (tertiary/aromatic N) is 3. The van der Waals surface area contributed by atoms with Gasteiger partial charge >= 0.3 is 0 Å². The molecule has 0 radical (unpaired) electrons. The maximum atomic E-state index is 12.5. The predicted molar refractivity (Wildman–Crippen MR) is 119 cm³/mol. The molecule has 2 aromatic heterocycles. The average molecular weight is 416 g/mol. The molecule has 0 aliphatic rings. The Morgan fingerprint density at radius 2 is 1.73 bits per heavy atom. The summed E-state index contributed by atoms with van der Waals surface area (Å²) in [5.41, 5.74) is 4.46. The number of rotatable bonds is 5. The molecule has 0 aliphatic heterocycles. The third kappa shape index (κ3) is 4.61. The molecule has 148 valence electrons. The summed E-state index contributed by atoms with van der Waals surface area (Å²) >= 11 is 5.89. The standard InChI is InChI=1S/C23H18ClN5O/c1-15-5-10-18(27-22(30)16-6-8-17(24)9-7-16)14-21(15)29-23-26-13-11-20(28-23)19-4-2-3-12-25-19/h2-14H,1H3,(H,27,30)(H,26,28,29). The number of carbonyl (C=O) groups is 1. The number of pyridine rings is 1. The molecule has 0 saturated carbocycles. The monoisotopic (exact) mass is 415 g/mol. The smallest absolute Gasteiger partial charge is 0.255 e. The van der Waals surface area contributed by atoms with E-state index in [2.05, 4.69) is 25.6 Å². The fourth-order valence-electron chi connectivity index (χ4n) is 2.84. The van der Waals surface area contributed by atoms with Crippen molar-refractivity contribution < 1.29 is 4.79 Å². The lowest BCUT2D eigenvalue weighted by molar-refractivity contribution is 0.102. The van der Waals surface area contributed by atoms with E-state index >= 15 is 0 Å². The molecule has 0 spiro atoms. The molecule has 0 atom stereocenters. The topological polar surface area (TPSA) is 79.8 Å². The number of hydrogen-bond acceptors (Lipinski definition) is 5. The second-order valence-corrected chi connectivity index (χ2v) is 7.03. The first-order chi connectivity index (χ1) is 14.6. The number of benzene rings is 2. The van der Waals surface area contributed by atoms with Crippen molar-refractivity contribution in [2.75, 3.05) is 10.6 Å². The first kappa shape index (κ1) is 19.5. The van der Waals surface area contributed by atoms with Crippen LogP contribution < -0.4 is 10.6 Å². The highest BCUT2D eigenvalue weighted by molar-refractivity contribution is 6.30. The Labute approximate surface area is 179 Å². The van der Waals surface area contributed by atoms with Gasteiger partial charge in [0.05, 0.1) is 11.4 Å². The number of amides is 1. The Balaban J connectivity index is 1.54. The van der Waals surface area contributed by atoms with Crippen molar-refractivity contribution in [3.63, 3.8) is 0 Å². The van der Waals surface area contributed by atoms with E-state index in [0.29, 0.717) is 22.2 Å². The first-order valence-electron chi connectivity index (χ1n) is 9.27. The van der Waals surface area contributed by atoms with Crippen LogP contribution in [0.2, 0.25) is 5.02 Å². The summed E-state index contributed by atoms with van der Waals surface area (Å²) < 4.78 is 0. The van der Waals surface area contributed by atoms with Gasteiger partial charge in [0.1, 0.15) is 0 Å². The van der Waals surface area contributed by atoms with Gasteiger partial charge in [-0.15, -0.1) is 0 Å². The molecule has 0 fully saturated rings. The highest BCUT2D eigenvalue weighted by Gasteiger charge is 2.09. The SMILES string of the molecule is Cc1ccc(NC(=O)c2ccc(Cl)cc2)cc1Nc1nccc(-c2ccccn2)n1. The molecule has 7 heteroatoms. The van der Waals surface area contributed by atoms with Crippen LogP contribution in [0.15, 0.2) is 79.1 Å². The van der Waals surface area contributed by atoms with E-state index in [1.807, 2.05) is 49.4 Å². The van der Waals surface area contributed by atoms with Crippen LogP contribution in [0.1, 0.15) is 15.9 Å². The maximum Gasteiger partial charge on any atom is 0.255 e. The molecule has 1 amide bonds. The first-order valence-corrected chi connectivity index (χ1v) is 9.65. The van der Waals surface area contributed by atoms with Crippen LogP contribution in [0.4, 0.5) is 17.3 Å². The van der Waals surface area contributed by atoms with E-state index in [4.69, 9.17) is 11.6 Å². The molecule has 0 aliphatic carbocycles. The summed E-state index contributed by atoms with van der Waals surface area (Å²) in [5.74, 6) is 0.234. The second kappa shape index (κ2) is 8.71. The molecule has 2 heterocycles. The molecular formula is C23H18ClN5O. The summed E-state index contributed by atoms with van der Waals surface area (Å²) in [6.07, 6.45) is 3.41. The zero-order valence-corrected chi connectivity index (χ0v) is 16.9. The Morgan fingerprint density at radius 1 is 0.900 bits per heavy atom. The minimum atomic E-state index is -0.213. The van der Waals surface area contributed by atoms with Crippen molar-refractivity contribution in [2.24, 2.45) is 0 Å². The summed E-state index contributed by atoms with van der Waals surface area (Å²) in [4.78, 5) is 25.6. The van der Waals surface area contributed by atoms with Crippen LogP contribution in [-0.2, 0) is 0 Å². The van der Waals surface area contributed by atoms with Gasteiger partial charge in [-0.3, -0.25) is 9.78 Å². The van der Waals surface area contributed by atoms with Crippen molar-refractivity contribution in [1.29, 1.82) is 0 Å². The van der Waals surface area contributed by atoms with Crippen molar-refractivity contribution in [2.45, 2.75) is 6.92 Å². The Bertz CT molecular complexity index is 1180. The molecule has 2 N–H and O–H groups in total. The quantitative estimate of drug-likeness (QED) is 0.450. The van der Waals surface area contributed by atoms with Gasteiger partial charge in [0.25, 0.3) is 5.91 Å². The molecular weight excluding hydrogens is 398 g/mol. The van der Waals surface area contributed by atoms with E-state index < -0.39 is 0 Å². The number of halogens is 1. The van der Waals surface area contributed by atoms with Crippen LogP contribution in [0.25, 0.3) is 11.4 Å². The summed E-state index contributed by atoms with van der Waals surface area (Å²) in [7, 11) is 0. The number of carbonyl (C=O) groups excluding carboxylic acids is 1. The molecule has 6 nitrogen and oxygen atoms in total. The molecule has 0 saturated heterocycles. The number of anilines is 3. The lowest BCUT2D eigenvalue weighted by Crippen LogP contribution is -2.12. The van der Waals surface area contributed by atoms with Crippen LogP contribution in [0.5, 0.6) is 0 Å². The number of hydrogen-bond donors (Lipinski definition) is 2. The fraction of sp³-hybridized carbons (Fsp3) is 0.0435. The molecule has 4 aromatic rings. The van der Waals surface area contributed by atoms with Crippen LogP contribution in [0, 0.1) is 6.92 Å². The molecule has 4 rings (SSSR count). The average Bonchev–Trinajstić information content (AvgIpc) is 2.77. The third-order valence-corrected chi connectivity index (χ3v) is 4.68. The summed E-state index contributed by atoms with van der Waals surface area (Å²) in [5, 5.41) is 6.70. The molecule has 0 unspecified atom stereocenters. The highest BCUT2D eigenvalue weighted by atomic mass is 35.5. The zero-order chi connectivity index (χ0) is 20.9. The Kier molecular flexibility index (Phi) is 5.68. The van der Waals surface area contributed by atoms with E-state index in [0.717, 1.165) is 22.6 Å². The van der Waals surface area contributed by atoms with Gasteiger partial charge in [-0.1, -0.05) is 23.7 Å². The lowest BCUT2D eigenvalue weighted by Gasteiger charge is -2.12. The summed E-state index contributed by atoms with van der Waals surface area (Å²) in [6.45, 7) is 1.97. The van der Waals surface area contributed by atoms with Crippen molar-refractivity contribution in [3.8, 4) is 11.4 Å². The lowest BCUT2D eigenvalue weighted by atomic mass is 10.1. The van der Waals surface area contributed by atoms with Gasteiger partial charge in [0, 0.05) is 34.4 Å². The zero-order valence-electron chi connectivity index (χ0n) is 16.1. The van der Waals surface area contributed by atoms with Gasteiger partial charge < -0.3 is 10.6 Å². The van der Waals surface area contributed by atoms with Crippen molar-refractivity contribution in [1.82, 2.24) is 15.0 Å². The second-order valence-electron chi connectivity index (χ2n) is 6.60. The normalized spacial score (nSPS) is 10.5. The van der Waals surface area contributed by atoms with Crippen LogP contribution >= 0.6 is 11.6 Å². The van der Waals surface area contributed by atoms with Crippen molar-refractivity contribution in [3.05, 3.63) is 95.3 Å². The van der Waals surface area contributed by atoms with Gasteiger partial charge in [-0.25, -0.2) is 9.97 Å². The Hall–Kier alpha value is -3.77. The maximum absolute atomic E-state index is 12.5. The number of aryl methyl sites for hydroxylation is 1. The molecule has 30 heavy (non-hydrogen) atoms.